The second kappa shape index (κ2) is 5.44. The zero-order valence-electron chi connectivity index (χ0n) is 11.1. The highest BCUT2D eigenvalue weighted by atomic mass is 19.1. The van der Waals surface area contributed by atoms with Crippen LogP contribution in [0.1, 0.15) is 21.8 Å². The number of fused-ring (bicyclic) bond motifs is 1. The maximum atomic E-state index is 13.8. The molecule has 0 radical (unpaired) electrons. The molecule has 0 fully saturated rings. The number of rotatable bonds is 4. The third-order valence-corrected chi connectivity index (χ3v) is 3.42. The van der Waals surface area contributed by atoms with Crippen LogP contribution in [-0.2, 0) is 0 Å². The number of carboxylic acids is 1. The Morgan fingerprint density at radius 3 is 2.90 bits per heavy atom. The quantitative estimate of drug-likeness (QED) is 0.939. The van der Waals surface area contributed by atoms with Crippen LogP contribution < -0.4 is 9.47 Å². The second-order valence-electron chi connectivity index (χ2n) is 4.81. The summed E-state index contributed by atoms with van der Waals surface area (Å²) in [6.07, 6.45) is 0. The van der Waals surface area contributed by atoms with Gasteiger partial charge in [-0.3, -0.25) is 0 Å². The van der Waals surface area contributed by atoms with Gasteiger partial charge in [0.25, 0.3) is 0 Å². The highest BCUT2D eigenvalue weighted by Crippen LogP contribution is 2.34. The van der Waals surface area contributed by atoms with Gasteiger partial charge in [-0.05, 0) is 24.3 Å². The first-order valence-electron chi connectivity index (χ1n) is 6.52. The molecule has 0 spiro atoms. The maximum Gasteiger partial charge on any atom is 0.335 e. The van der Waals surface area contributed by atoms with Crippen LogP contribution in [0.2, 0.25) is 0 Å². The van der Waals surface area contributed by atoms with Crippen molar-refractivity contribution in [1.29, 1.82) is 0 Å². The van der Waals surface area contributed by atoms with E-state index in [9.17, 15) is 9.18 Å². The van der Waals surface area contributed by atoms with E-state index < -0.39 is 11.8 Å². The first-order chi connectivity index (χ1) is 10.1. The molecule has 1 heterocycles. The topological polar surface area (TPSA) is 55.8 Å². The summed E-state index contributed by atoms with van der Waals surface area (Å²) >= 11 is 0. The van der Waals surface area contributed by atoms with E-state index in [4.69, 9.17) is 14.6 Å². The molecule has 1 unspecified atom stereocenters. The summed E-state index contributed by atoms with van der Waals surface area (Å²) in [4.78, 5) is 10.7. The van der Waals surface area contributed by atoms with Gasteiger partial charge in [-0.2, -0.15) is 0 Å². The minimum atomic E-state index is -1.17. The summed E-state index contributed by atoms with van der Waals surface area (Å²) in [6.45, 7) is 0.772. The van der Waals surface area contributed by atoms with Crippen LogP contribution >= 0.6 is 0 Å². The number of hydrogen-bond donors (Lipinski definition) is 1. The molecule has 1 aliphatic heterocycles. The summed E-state index contributed by atoms with van der Waals surface area (Å²) in [7, 11) is 0. The molecule has 4 nitrogen and oxygen atoms in total. The number of aromatic carboxylic acids is 1. The Hall–Kier alpha value is -2.56. The molecule has 0 bridgehead atoms. The average molecular weight is 288 g/mol. The molecule has 0 saturated carbocycles. The molecule has 0 saturated heterocycles. The predicted octanol–water partition coefficient (Wildman–Crippen LogP) is 3.08. The van der Waals surface area contributed by atoms with E-state index in [1.807, 2.05) is 24.3 Å². The minimum absolute atomic E-state index is 0.0414. The highest BCUT2D eigenvalue weighted by Gasteiger charge is 2.24. The van der Waals surface area contributed by atoms with Crippen LogP contribution in [0.25, 0.3) is 0 Å². The molecule has 0 aromatic heterocycles. The van der Waals surface area contributed by atoms with Crippen molar-refractivity contribution in [2.45, 2.75) is 5.92 Å². The zero-order chi connectivity index (χ0) is 14.8. The molecular weight excluding hydrogens is 275 g/mol. The minimum Gasteiger partial charge on any atom is -0.493 e. The first-order valence-corrected chi connectivity index (χ1v) is 6.52. The summed E-state index contributed by atoms with van der Waals surface area (Å²) in [6, 6.07) is 11.3. The van der Waals surface area contributed by atoms with Gasteiger partial charge in [-0.25, -0.2) is 9.18 Å². The number of benzene rings is 2. The van der Waals surface area contributed by atoms with E-state index in [1.165, 1.54) is 12.1 Å². The lowest BCUT2D eigenvalue weighted by atomic mass is 10.0. The van der Waals surface area contributed by atoms with E-state index >= 15 is 0 Å². The summed E-state index contributed by atoms with van der Waals surface area (Å²) in [5.74, 6) is -0.933. The number of ether oxygens (including phenoxy) is 2. The van der Waals surface area contributed by atoms with Crippen molar-refractivity contribution in [1.82, 2.24) is 0 Å². The lowest BCUT2D eigenvalue weighted by Gasteiger charge is -2.12. The Balaban J connectivity index is 1.70. The molecule has 108 valence electrons. The molecule has 0 aliphatic carbocycles. The van der Waals surface area contributed by atoms with Crippen LogP contribution in [0.5, 0.6) is 11.5 Å². The van der Waals surface area contributed by atoms with Crippen molar-refractivity contribution in [3.8, 4) is 11.5 Å². The van der Waals surface area contributed by atoms with Crippen LogP contribution in [0, 0.1) is 5.82 Å². The third kappa shape index (κ3) is 2.67. The molecule has 21 heavy (non-hydrogen) atoms. The number of halogens is 1. The molecule has 1 aliphatic rings. The van der Waals surface area contributed by atoms with Gasteiger partial charge in [0.2, 0.25) is 0 Å². The Kier molecular flexibility index (Phi) is 3.48. The monoisotopic (exact) mass is 288 g/mol. The second-order valence-corrected chi connectivity index (χ2v) is 4.81. The fourth-order valence-electron chi connectivity index (χ4n) is 2.31. The van der Waals surface area contributed by atoms with Crippen molar-refractivity contribution in [3.63, 3.8) is 0 Å². The van der Waals surface area contributed by atoms with E-state index in [2.05, 4.69) is 0 Å². The van der Waals surface area contributed by atoms with Crippen LogP contribution in [0.3, 0.4) is 0 Å². The number of carbonyl (C=O) groups is 1. The van der Waals surface area contributed by atoms with E-state index in [0.717, 1.165) is 17.4 Å². The molecule has 0 amide bonds. The molecule has 1 N–H and O–H groups in total. The smallest absolute Gasteiger partial charge is 0.335 e. The van der Waals surface area contributed by atoms with Crippen LogP contribution in [-0.4, -0.2) is 24.3 Å². The normalized spacial score (nSPS) is 16.1. The van der Waals surface area contributed by atoms with Crippen molar-refractivity contribution < 1.29 is 23.8 Å². The standard InChI is InChI=1S/C16H13FO4/c17-13-7-10(16(18)19)5-6-15(13)21-9-11-8-20-14-4-2-1-3-12(11)14/h1-7,11H,8-9H2,(H,18,19). The summed E-state index contributed by atoms with van der Waals surface area (Å²) in [5, 5.41) is 8.79. The zero-order valence-corrected chi connectivity index (χ0v) is 11.1. The molecule has 2 aromatic rings. The van der Waals surface area contributed by atoms with Gasteiger partial charge >= 0.3 is 5.97 Å². The Bertz CT molecular complexity index is 684. The summed E-state index contributed by atoms with van der Waals surface area (Å²) in [5.41, 5.74) is 0.939. The van der Waals surface area contributed by atoms with Crippen molar-refractivity contribution in [2.24, 2.45) is 0 Å². The molecule has 2 aromatic carbocycles. The van der Waals surface area contributed by atoms with Crippen molar-refractivity contribution in [3.05, 3.63) is 59.4 Å². The van der Waals surface area contributed by atoms with Gasteiger partial charge < -0.3 is 14.6 Å². The van der Waals surface area contributed by atoms with Crippen LogP contribution in [0.4, 0.5) is 4.39 Å². The molecular formula is C16H13FO4. The lowest BCUT2D eigenvalue weighted by molar-refractivity contribution is 0.0696. The van der Waals surface area contributed by atoms with Gasteiger partial charge in [0.15, 0.2) is 11.6 Å². The number of carboxylic acid groups (broad SMARTS) is 1. The molecule has 3 rings (SSSR count). The third-order valence-electron chi connectivity index (χ3n) is 3.42. The van der Waals surface area contributed by atoms with E-state index in [-0.39, 0.29) is 23.8 Å². The van der Waals surface area contributed by atoms with Crippen molar-refractivity contribution in [2.75, 3.05) is 13.2 Å². The van der Waals surface area contributed by atoms with Crippen LogP contribution in [0.15, 0.2) is 42.5 Å². The Morgan fingerprint density at radius 1 is 1.33 bits per heavy atom. The van der Waals surface area contributed by atoms with Gasteiger partial charge in [0.1, 0.15) is 5.75 Å². The largest absolute Gasteiger partial charge is 0.493 e. The van der Waals surface area contributed by atoms with Gasteiger partial charge in [0.05, 0.1) is 24.7 Å². The maximum absolute atomic E-state index is 13.8. The van der Waals surface area contributed by atoms with Gasteiger partial charge in [-0.1, -0.05) is 18.2 Å². The van der Waals surface area contributed by atoms with Gasteiger partial charge in [-0.15, -0.1) is 0 Å². The Morgan fingerprint density at radius 2 is 2.14 bits per heavy atom. The highest BCUT2D eigenvalue weighted by molar-refractivity contribution is 5.87. The average Bonchev–Trinajstić information content (AvgIpc) is 2.89. The Labute approximate surface area is 120 Å². The molecule has 1 atom stereocenters. The predicted molar refractivity (Wildman–Crippen MR) is 73.5 cm³/mol. The fraction of sp³-hybridized carbons (Fsp3) is 0.188. The number of hydrogen-bond acceptors (Lipinski definition) is 3. The SMILES string of the molecule is O=C(O)c1ccc(OCC2COc3ccccc32)c(F)c1. The summed E-state index contributed by atoms with van der Waals surface area (Å²) < 4.78 is 24.8. The van der Waals surface area contributed by atoms with Crippen molar-refractivity contribution >= 4 is 5.97 Å². The first kappa shape index (κ1) is 13.4. The fourth-order valence-corrected chi connectivity index (χ4v) is 2.31. The van der Waals surface area contributed by atoms with Gasteiger partial charge in [0, 0.05) is 5.56 Å². The lowest BCUT2D eigenvalue weighted by Crippen LogP contribution is -2.12. The number of para-hydroxylation sites is 1. The van der Waals surface area contributed by atoms with E-state index in [0.29, 0.717) is 6.61 Å². The van der Waals surface area contributed by atoms with E-state index in [1.54, 1.807) is 0 Å². The molecule has 5 heteroatoms.